The normalized spacial score (nSPS) is 26.0. The Morgan fingerprint density at radius 2 is 1.88 bits per heavy atom. The Kier molecular flexibility index (Phi) is 7.60. The van der Waals surface area contributed by atoms with Crippen LogP contribution in [0.15, 0.2) is 88.8 Å². The predicted molar refractivity (Wildman–Crippen MR) is 159 cm³/mol. The summed E-state index contributed by atoms with van der Waals surface area (Å²) in [5, 5.41) is 14.1. The molecular formula is C29H32N6O4S2. The number of thioether (sulfide) groups is 2. The molecule has 4 atom stereocenters. The molecule has 4 aliphatic rings. The number of benzene rings is 2. The van der Waals surface area contributed by atoms with E-state index in [1.807, 2.05) is 73.7 Å². The fourth-order valence-electron chi connectivity index (χ4n) is 5.20. The molecule has 12 heteroatoms. The van der Waals surface area contributed by atoms with Gasteiger partial charge in [0, 0.05) is 23.8 Å². The van der Waals surface area contributed by atoms with E-state index in [-0.39, 0.29) is 23.8 Å². The zero-order chi connectivity index (χ0) is 28.7. The molecule has 0 aliphatic carbocycles. The molecule has 0 spiro atoms. The Morgan fingerprint density at radius 1 is 1.22 bits per heavy atom. The number of nitrogens with zero attached hydrogens (tertiary/aromatic N) is 4. The van der Waals surface area contributed by atoms with E-state index in [1.165, 1.54) is 23.5 Å². The van der Waals surface area contributed by atoms with E-state index in [4.69, 9.17) is 10.5 Å². The minimum absolute atomic E-state index is 0.134. The lowest BCUT2D eigenvalue weighted by molar-refractivity contribution is -0.163. The molecule has 4 aliphatic heterocycles. The van der Waals surface area contributed by atoms with Crippen molar-refractivity contribution in [1.82, 2.24) is 20.5 Å². The Hall–Kier alpha value is -3.29. The monoisotopic (exact) mass is 592 g/mol. The van der Waals surface area contributed by atoms with E-state index < -0.39 is 23.8 Å². The molecule has 0 aromatic heterocycles. The molecule has 2 fully saturated rings. The lowest BCUT2D eigenvalue weighted by atomic mass is 9.89. The highest BCUT2D eigenvalue weighted by molar-refractivity contribution is 8.03. The molecule has 0 radical (unpaired) electrons. The van der Waals surface area contributed by atoms with Crippen molar-refractivity contribution in [3.05, 3.63) is 94.9 Å². The Labute approximate surface area is 247 Å². The Balaban J connectivity index is 1.28. The standard InChI is InChI=1S/C29H32N6O4S2/c1-18-13-23(35-22(31-18)14-34(32-35)19(2)36)40-16-29(15-33-26(37)24(30)27(33)41-17-29)28(38)39-25(20-9-5-3-6-10-20)21-11-7-4-8-12-21/h3-14,19,24-25,27,32,36H,15-17,30H2,1-2H3/t19?,24?,27-,29?/m1/s1. The minimum atomic E-state index is -0.986. The second-order valence-electron chi connectivity index (χ2n) is 10.6. The number of esters is 1. The number of carbonyl (C=O) groups is 2. The van der Waals surface area contributed by atoms with Crippen LogP contribution in [0.25, 0.3) is 0 Å². The third kappa shape index (κ3) is 5.26. The fraction of sp³-hybridized carbons (Fsp3) is 0.345. The van der Waals surface area contributed by atoms with Crippen molar-refractivity contribution in [2.45, 2.75) is 37.6 Å². The van der Waals surface area contributed by atoms with Gasteiger partial charge in [-0.3, -0.25) is 14.6 Å². The van der Waals surface area contributed by atoms with E-state index in [1.54, 1.807) is 28.0 Å². The average Bonchev–Trinajstić information content (AvgIpc) is 3.43. The highest BCUT2D eigenvalue weighted by Crippen LogP contribution is 2.46. The quantitative estimate of drug-likeness (QED) is 0.311. The van der Waals surface area contributed by atoms with Crippen molar-refractivity contribution >= 4 is 41.1 Å². The van der Waals surface area contributed by atoms with Gasteiger partial charge < -0.3 is 20.5 Å². The van der Waals surface area contributed by atoms with Crippen molar-refractivity contribution in [2.75, 3.05) is 18.1 Å². The van der Waals surface area contributed by atoms with Gasteiger partial charge in [0.25, 0.3) is 0 Å². The van der Waals surface area contributed by atoms with Crippen molar-refractivity contribution in [1.29, 1.82) is 0 Å². The second-order valence-corrected chi connectivity index (χ2v) is 12.7. The van der Waals surface area contributed by atoms with Gasteiger partial charge in [0.05, 0.1) is 11.2 Å². The number of amides is 1. The molecule has 10 nitrogen and oxygen atoms in total. The summed E-state index contributed by atoms with van der Waals surface area (Å²) in [5.74, 6) is 0.957. The van der Waals surface area contributed by atoms with E-state index in [2.05, 4.69) is 10.5 Å². The summed E-state index contributed by atoms with van der Waals surface area (Å²) < 4.78 is 6.37. The van der Waals surface area contributed by atoms with Crippen LogP contribution in [0.2, 0.25) is 0 Å². The number of allylic oxidation sites excluding steroid dienone is 1. The van der Waals surface area contributed by atoms with Crippen LogP contribution in [0.1, 0.15) is 31.1 Å². The van der Waals surface area contributed by atoms with Crippen LogP contribution >= 0.6 is 23.5 Å². The molecule has 2 aromatic carbocycles. The van der Waals surface area contributed by atoms with E-state index >= 15 is 0 Å². The van der Waals surface area contributed by atoms with E-state index in [9.17, 15) is 14.7 Å². The first-order chi connectivity index (χ1) is 19.8. The number of ether oxygens (including phenoxy) is 1. The number of β-lactam (4-membered cyclic amide) rings is 1. The number of nitrogens with one attached hydrogen (secondary N) is 1. The molecule has 4 heterocycles. The lowest BCUT2D eigenvalue weighted by Gasteiger charge is -2.53. The molecular weight excluding hydrogens is 560 g/mol. The predicted octanol–water partition coefficient (Wildman–Crippen LogP) is 2.77. The Morgan fingerprint density at radius 3 is 2.51 bits per heavy atom. The number of aliphatic hydroxyl groups excluding tert-OH is 1. The first-order valence-corrected chi connectivity index (χ1v) is 15.4. The molecule has 214 valence electrons. The first-order valence-electron chi connectivity index (χ1n) is 13.4. The summed E-state index contributed by atoms with van der Waals surface area (Å²) >= 11 is 3.01. The maximum absolute atomic E-state index is 14.3. The molecule has 4 N–H and O–H groups in total. The molecule has 3 unspecified atom stereocenters. The summed E-state index contributed by atoms with van der Waals surface area (Å²) in [6.07, 6.45) is 2.30. The van der Waals surface area contributed by atoms with Crippen molar-refractivity contribution in [3.63, 3.8) is 0 Å². The van der Waals surface area contributed by atoms with Crippen LogP contribution in [0.3, 0.4) is 0 Å². The van der Waals surface area contributed by atoms with Crippen LogP contribution in [0.4, 0.5) is 0 Å². The number of aliphatic imine (C=N–C) groups is 1. The summed E-state index contributed by atoms with van der Waals surface area (Å²) in [6, 6.07) is 18.8. The van der Waals surface area contributed by atoms with Gasteiger partial charge >= 0.3 is 5.97 Å². The third-order valence-electron chi connectivity index (χ3n) is 7.49. The summed E-state index contributed by atoms with van der Waals surface area (Å²) in [6.45, 7) is 3.79. The number of carbonyl (C=O) groups excluding carboxylic acids is 2. The molecule has 0 saturated carbocycles. The fourth-order valence-corrected chi connectivity index (χ4v) is 8.06. The average molecular weight is 593 g/mol. The summed E-state index contributed by atoms with van der Waals surface area (Å²) in [5.41, 5.74) is 10.8. The maximum atomic E-state index is 14.3. The minimum Gasteiger partial charge on any atom is -0.452 e. The van der Waals surface area contributed by atoms with E-state index in [0.717, 1.165) is 21.9 Å². The highest BCUT2D eigenvalue weighted by Gasteiger charge is 2.56. The van der Waals surface area contributed by atoms with Crippen molar-refractivity contribution in [2.24, 2.45) is 16.1 Å². The molecule has 6 rings (SSSR count). The number of fused-ring (bicyclic) bond motifs is 2. The van der Waals surface area contributed by atoms with Gasteiger partial charge in [0.15, 0.2) is 11.9 Å². The van der Waals surface area contributed by atoms with Gasteiger partial charge in [-0.05, 0) is 31.1 Å². The van der Waals surface area contributed by atoms with E-state index in [0.29, 0.717) is 17.3 Å². The van der Waals surface area contributed by atoms with Crippen molar-refractivity contribution < 1.29 is 19.4 Å². The largest absolute Gasteiger partial charge is 0.452 e. The number of hydrogen-bond donors (Lipinski definition) is 3. The van der Waals surface area contributed by atoms with Gasteiger partial charge in [0.1, 0.15) is 23.1 Å². The zero-order valence-corrected chi connectivity index (χ0v) is 24.3. The number of rotatable bonds is 8. The van der Waals surface area contributed by atoms with Gasteiger partial charge in [-0.1, -0.05) is 60.7 Å². The SMILES string of the molecule is CC1=NC2=CN(C(C)O)NN2C(SCC2(C(=O)OC(c3ccccc3)c3ccccc3)CS[C@@H]3C(N)C(=O)N3C2)=C1. The third-order valence-corrected chi connectivity index (χ3v) is 10.4. The van der Waals surface area contributed by atoms with Crippen LogP contribution in [0, 0.1) is 5.41 Å². The Bertz CT molecular complexity index is 1380. The number of hydrogen-bond acceptors (Lipinski definition) is 11. The smallest absolute Gasteiger partial charge is 0.316 e. The van der Waals surface area contributed by atoms with Crippen LogP contribution in [-0.4, -0.2) is 73.3 Å². The number of aliphatic hydroxyl groups is 1. The summed E-state index contributed by atoms with van der Waals surface area (Å²) in [4.78, 5) is 33.3. The highest BCUT2D eigenvalue weighted by atomic mass is 32.2. The molecule has 2 saturated heterocycles. The molecule has 2 aromatic rings. The van der Waals surface area contributed by atoms with Crippen LogP contribution in [-0.2, 0) is 14.3 Å². The van der Waals surface area contributed by atoms with Gasteiger partial charge in [-0.2, -0.15) is 0 Å². The van der Waals surface area contributed by atoms with Crippen LogP contribution in [0.5, 0.6) is 0 Å². The topological polar surface area (TPSA) is 124 Å². The van der Waals surface area contributed by atoms with Gasteiger partial charge in [-0.15, -0.1) is 29.1 Å². The van der Waals surface area contributed by atoms with Crippen LogP contribution < -0.4 is 11.3 Å². The van der Waals surface area contributed by atoms with Crippen molar-refractivity contribution in [3.8, 4) is 0 Å². The number of hydrazine groups is 2. The molecule has 0 bridgehead atoms. The summed E-state index contributed by atoms with van der Waals surface area (Å²) in [7, 11) is 0. The molecule has 41 heavy (non-hydrogen) atoms. The molecule has 1 amide bonds. The lowest BCUT2D eigenvalue weighted by Crippen LogP contribution is -2.72. The van der Waals surface area contributed by atoms with Gasteiger partial charge in [-0.25, -0.2) is 10.0 Å². The number of nitrogens with two attached hydrogens (primary N) is 1. The first kappa shape index (κ1) is 27.9. The zero-order valence-electron chi connectivity index (χ0n) is 22.7. The second kappa shape index (κ2) is 11.2. The van der Waals surface area contributed by atoms with Gasteiger partial charge in [0.2, 0.25) is 5.91 Å². The maximum Gasteiger partial charge on any atom is 0.316 e.